The molecule has 0 saturated carbocycles. The third kappa shape index (κ3) is 8.11. The average molecular weight is 291 g/mol. The minimum Gasteiger partial charge on any atom is -0.497 e. The van der Waals surface area contributed by atoms with Gasteiger partial charge in [0.05, 0.1) is 7.11 Å². The van der Waals surface area contributed by atoms with Crippen LogP contribution in [0.15, 0.2) is 24.3 Å². The molecular formula is C19H33NO. The summed E-state index contributed by atoms with van der Waals surface area (Å²) in [6, 6.07) is 8.50. The normalized spacial score (nSPS) is 12.3. The number of hydrogen-bond donors (Lipinski definition) is 1. The van der Waals surface area contributed by atoms with Crippen LogP contribution in [-0.4, -0.2) is 20.7 Å². The van der Waals surface area contributed by atoms with E-state index in [1.807, 2.05) is 6.07 Å². The van der Waals surface area contributed by atoms with Crippen LogP contribution in [0.5, 0.6) is 5.75 Å². The second kappa shape index (κ2) is 11.6. The molecule has 0 aromatic heterocycles. The van der Waals surface area contributed by atoms with Crippen molar-refractivity contribution in [2.24, 2.45) is 5.92 Å². The van der Waals surface area contributed by atoms with Gasteiger partial charge in [-0.1, -0.05) is 57.6 Å². The second-order valence-electron chi connectivity index (χ2n) is 6.04. The highest BCUT2D eigenvalue weighted by Gasteiger charge is 2.09. The molecule has 0 amide bonds. The first kappa shape index (κ1) is 18.0. The van der Waals surface area contributed by atoms with Crippen LogP contribution < -0.4 is 10.1 Å². The third-order valence-corrected chi connectivity index (χ3v) is 4.12. The quantitative estimate of drug-likeness (QED) is 0.557. The van der Waals surface area contributed by atoms with Crippen molar-refractivity contribution in [3.05, 3.63) is 29.8 Å². The standard InChI is InChI=1S/C19H33NO/c1-4-5-6-7-8-9-11-18(16-20-2)14-17-12-10-13-19(15-17)21-3/h10,12-13,15,18,20H,4-9,11,14,16H2,1-3H3. The Hall–Kier alpha value is -1.02. The number of ether oxygens (including phenoxy) is 1. The Morgan fingerprint density at radius 2 is 1.86 bits per heavy atom. The van der Waals surface area contributed by atoms with Gasteiger partial charge in [0, 0.05) is 0 Å². The summed E-state index contributed by atoms with van der Waals surface area (Å²) in [5.74, 6) is 1.70. The average Bonchev–Trinajstić information content (AvgIpc) is 2.51. The van der Waals surface area contributed by atoms with E-state index in [9.17, 15) is 0 Å². The molecule has 21 heavy (non-hydrogen) atoms. The van der Waals surface area contributed by atoms with Crippen molar-refractivity contribution in [2.45, 2.75) is 58.3 Å². The summed E-state index contributed by atoms with van der Waals surface area (Å²) in [6.45, 7) is 3.38. The van der Waals surface area contributed by atoms with Gasteiger partial charge in [0.25, 0.3) is 0 Å². The number of unbranched alkanes of at least 4 members (excludes halogenated alkanes) is 5. The van der Waals surface area contributed by atoms with Crippen molar-refractivity contribution in [3.8, 4) is 5.75 Å². The molecule has 1 aromatic rings. The minimum atomic E-state index is 0.730. The summed E-state index contributed by atoms with van der Waals surface area (Å²) in [7, 11) is 3.79. The van der Waals surface area contributed by atoms with Crippen molar-refractivity contribution in [2.75, 3.05) is 20.7 Å². The smallest absolute Gasteiger partial charge is 0.119 e. The molecule has 1 rings (SSSR count). The van der Waals surface area contributed by atoms with E-state index in [0.29, 0.717) is 0 Å². The zero-order chi connectivity index (χ0) is 15.3. The molecule has 0 fully saturated rings. The summed E-state index contributed by atoms with van der Waals surface area (Å²) in [5.41, 5.74) is 1.39. The third-order valence-electron chi connectivity index (χ3n) is 4.12. The highest BCUT2D eigenvalue weighted by molar-refractivity contribution is 5.28. The van der Waals surface area contributed by atoms with Gasteiger partial charge < -0.3 is 10.1 Å². The van der Waals surface area contributed by atoms with E-state index in [0.717, 1.165) is 24.6 Å². The predicted molar refractivity (Wildman–Crippen MR) is 92.1 cm³/mol. The molecule has 0 bridgehead atoms. The van der Waals surface area contributed by atoms with Crippen molar-refractivity contribution in [3.63, 3.8) is 0 Å². The van der Waals surface area contributed by atoms with Crippen LogP contribution in [0, 0.1) is 5.92 Å². The molecule has 0 spiro atoms. The number of benzene rings is 1. The Morgan fingerprint density at radius 1 is 1.10 bits per heavy atom. The topological polar surface area (TPSA) is 21.3 Å². The molecule has 120 valence electrons. The molecule has 2 heteroatoms. The molecule has 0 aliphatic heterocycles. The molecule has 1 atom stereocenters. The van der Waals surface area contributed by atoms with Gasteiger partial charge >= 0.3 is 0 Å². The summed E-state index contributed by atoms with van der Waals surface area (Å²) >= 11 is 0. The molecule has 1 aromatic carbocycles. The minimum absolute atomic E-state index is 0.730. The van der Waals surface area contributed by atoms with Crippen molar-refractivity contribution in [1.29, 1.82) is 0 Å². The maximum Gasteiger partial charge on any atom is 0.119 e. The number of hydrogen-bond acceptors (Lipinski definition) is 2. The van der Waals surface area contributed by atoms with E-state index >= 15 is 0 Å². The molecule has 1 unspecified atom stereocenters. The highest BCUT2D eigenvalue weighted by Crippen LogP contribution is 2.19. The van der Waals surface area contributed by atoms with E-state index < -0.39 is 0 Å². The molecule has 0 aliphatic carbocycles. The van der Waals surface area contributed by atoms with Crippen molar-refractivity contribution in [1.82, 2.24) is 5.32 Å². The van der Waals surface area contributed by atoms with Gasteiger partial charge in [0.1, 0.15) is 5.75 Å². The number of rotatable bonds is 12. The lowest BCUT2D eigenvalue weighted by Crippen LogP contribution is -2.20. The van der Waals surface area contributed by atoms with Crippen molar-refractivity contribution < 1.29 is 4.74 Å². The monoisotopic (exact) mass is 291 g/mol. The SMILES string of the molecule is CCCCCCCCC(CNC)Cc1cccc(OC)c1. The zero-order valence-electron chi connectivity index (χ0n) is 14.2. The van der Waals surface area contributed by atoms with Gasteiger partial charge in [-0.15, -0.1) is 0 Å². The lowest BCUT2D eigenvalue weighted by molar-refractivity contribution is 0.411. The van der Waals surface area contributed by atoms with Crippen LogP contribution in [-0.2, 0) is 6.42 Å². The van der Waals surface area contributed by atoms with Crippen LogP contribution in [0.4, 0.5) is 0 Å². The molecule has 2 nitrogen and oxygen atoms in total. The molecule has 0 heterocycles. The van der Waals surface area contributed by atoms with E-state index in [1.54, 1.807) is 7.11 Å². The Labute approximate surface area is 131 Å². The first-order valence-electron chi connectivity index (χ1n) is 8.57. The zero-order valence-corrected chi connectivity index (χ0v) is 14.2. The molecule has 0 saturated heterocycles. The Bertz CT molecular complexity index is 364. The Balaban J connectivity index is 2.34. The summed E-state index contributed by atoms with van der Waals surface area (Å²) in [6.07, 6.45) is 10.7. The summed E-state index contributed by atoms with van der Waals surface area (Å²) in [4.78, 5) is 0. The van der Waals surface area contributed by atoms with Gasteiger partial charge in [-0.25, -0.2) is 0 Å². The van der Waals surface area contributed by atoms with E-state index in [4.69, 9.17) is 4.74 Å². The van der Waals surface area contributed by atoms with E-state index in [-0.39, 0.29) is 0 Å². The molecule has 0 aliphatic rings. The Morgan fingerprint density at radius 3 is 2.57 bits per heavy atom. The summed E-state index contributed by atoms with van der Waals surface area (Å²) < 4.78 is 5.32. The van der Waals surface area contributed by atoms with Crippen molar-refractivity contribution >= 4 is 0 Å². The fourth-order valence-corrected chi connectivity index (χ4v) is 2.91. The highest BCUT2D eigenvalue weighted by atomic mass is 16.5. The second-order valence-corrected chi connectivity index (χ2v) is 6.04. The largest absolute Gasteiger partial charge is 0.497 e. The van der Waals surface area contributed by atoms with Gasteiger partial charge in [-0.2, -0.15) is 0 Å². The van der Waals surface area contributed by atoms with Gasteiger partial charge in [-0.05, 0) is 50.0 Å². The Kier molecular flexibility index (Phi) is 9.98. The van der Waals surface area contributed by atoms with Crippen LogP contribution in [0.1, 0.15) is 57.4 Å². The van der Waals surface area contributed by atoms with Crippen LogP contribution in [0.3, 0.4) is 0 Å². The fraction of sp³-hybridized carbons (Fsp3) is 0.684. The van der Waals surface area contributed by atoms with Gasteiger partial charge in [0.2, 0.25) is 0 Å². The van der Waals surface area contributed by atoms with Crippen LogP contribution >= 0.6 is 0 Å². The van der Waals surface area contributed by atoms with E-state index in [1.165, 1.54) is 50.5 Å². The van der Waals surface area contributed by atoms with Crippen LogP contribution in [0.2, 0.25) is 0 Å². The van der Waals surface area contributed by atoms with Gasteiger partial charge in [-0.3, -0.25) is 0 Å². The maximum atomic E-state index is 5.32. The predicted octanol–water partition coefficient (Wildman–Crippen LogP) is 4.82. The first-order chi connectivity index (χ1) is 10.3. The first-order valence-corrected chi connectivity index (χ1v) is 8.57. The molecule has 0 radical (unpaired) electrons. The molecule has 1 N–H and O–H groups in total. The summed E-state index contributed by atoms with van der Waals surface area (Å²) in [5, 5.41) is 3.35. The molecular weight excluding hydrogens is 258 g/mol. The lowest BCUT2D eigenvalue weighted by atomic mass is 9.93. The lowest BCUT2D eigenvalue weighted by Gasteiger charge is -2.17. The fourth-order valence-electron chi connectivity index (χ4n) is 2.91. The number of methoxy groups -OCH3 is 1. The maximum absolute atomic E-state index is 5.32. The van der Waals surface area contributed by atoms with Crippen LogP contribution in [0.25, 0.3) is 0 Å². The number of nitrogens with one attached hydrogen (secondary N) is 1. The van der Waals surface area contributed by atoms with Gasteiger partial charge in [0.15, 0.2) is 0 Å². The van der Waals surface area contributed by atoms with E-state index in [2.05, 4.69) is 37.5 Å².